The van der Waals surface area contributed by atoms with Crippen molar-refractivity contribution in [2.24, 2.45) is 23.2 Å². The van der Waals surface area contributed by atoms with E-state index in [4.69, 9.17) is 0 Å². The topological polar surface area (TPSA) is 40.5 Å². The normalized spacial score (nSPS) is 34.7. The summed E-state index contributed by atoms with van der Waals surface area (Å²) in [4.78, 5) is 0. The number of halogens is 2. The van der Waals surface area contributed by atoms with Gasteiger partial charge in [0.2, 0.25) is 0 Å². The van der Waals surface area contributed by atoms with Crippen LogP contribution in [0.15, 0.2) is 35.5 Å². The van der Waals surface area contributed by atoms with E-state index in [-0.39, 0.29) is 36.7 Å². The zero-order valence-electron chi connectivity index (χ0n) is 21.3. The van der Waals surface area contributed by atoms with Crippen molar-refractivity contribution in [3.8, 4) is 0 Å². The van der Waals surface area contributed by atoms with Crippen LogP contribution < -0.4 is 0 Å². The first-order valence-electron chi connectivity index (χ1n) is 13.3. The minimum Gasteiger partial charge on any atom is -0.393 e. The summed E-state index contributed by atoms with van der Waals surface area (Å²) in [6.45, 7) is 12.0. The van der Waals surface area contributed by atoms with E-state index in [0.717, 1.165) is 50.5 Å². The van der Waals surface area contributed by atoms with Crippen molar-refractivity contribution in [1.29, 1.82) is 0 Å². The molecule has 2 nitrogen and oxygen atoms in total. The van der Waals surface area contributed by atoms with Crippen molar-refractivity contribution >= 4 is 0 Å². The molecule has 188 valence electrons. The predicted molar refractivity (Wildman–Crippen MR) is 132 cm³/mol. The number of hydrogen-bond acceptors (Lipinski definition) is 2. The van der Waals surface area contributed by atoms with E-state index < -0.39 is 11.5 Å². The van der Waals surface area contributed by atoms with Crippen LogP contribution in [-0.4, -0.2) is 27.8 Å². The Kier molecular flexibility index (Phi) is 8.32. The molecule has 0 aromatic carbocycles. The summed E-state index contributed by atoms with van der Waals surface area (Å²) in [7, 11) is 0. The number of hydrogen-bond donors (Lipinski definition) is 2. The molecule has 5 atom stereocenters. The van der Waals surface area contributed by atoms with Gasteiger partial charge in [-0.1, -0.05) is 57.6 Å². The summed E-state index contributed by atoms with van der Waals surface area (Å²) in [5.41, 5.74) is 2.09. The Bertz CT molecular complexity index is 764. The molecule has 33 heavy (non-hydrogen) atoms. The van der Waals surface area contributed by atoms with Gasteiger partial charge in [0.25, 0.3) is 5.92 Å². The van der Waals surface area contributed by atoms with Crippen molar-refractivity contribution in [2.45, 2.75) is 122 Å². The Morgan fingerprint density at radius 2 is 1.85 bits per heavy atom. The van der Waals surface area contributed by atoms with E-state index in [9.17, 15) is 19.0 Å². The fourth-order valence-electron chi connectivity index (χ4n) is 7.22. The van der Waals surface area contributed by atoms with E-state index >= 15 is 0 Å². The summed E-state index contributed by atoms with van der Waals surface area (Å²) in [6, 6.07) is 0. The van der Waals surface area contributed by atoms with Gasteiger partial charge in [-0.2, -0.15) is 0 Å². The zero-order chi connectivity index (χ0) is 24.4. The molecular weight excluding hydrogens is 418 g/mol. The molecule has 0 amide bonds. The van der Waals surface area contributed by atoms with Gasteiger partial charge >= 0.3 is 0 Å². The van der Waals surface area contributed by atoms with Crippen molar-refractivity contribution in [1.82, 2.24) is 0 Å². The number of fused-ring (bicyclic) bond motifs is 1. The van der Waals surface area contributed by atoms with Gasteiger partial charge in [-0.05, 0) is 99.4 Å². The van der Waals surface area contributed by atoms with Gasteiger partial charge in [-0.25, -0.2) is 8.78 Å². The Morgan fingerprint density at radius 1 is 1.15 bits per heavy atom. The van der Waals surface area contributed by atoms with E-state index in [1.807, 2.05) is 0 Å². The minimum atomic E-state index is -3.04. The highest BCUT2D eigenvalue weighted by Crippen LogP contribution is 2.60. The van der Waals surface area contributed by atoms with Crippen molar-refractivity contribution in [3.05, 3.63) is 35.5 Å². The summed E-state index contributed by atoms with van der Waals surface area (Å²) in [6.07, 6.45) is 12.6. The fraction of sp³-hybridized carbons (Fsp3) is 0.793. The minimum absolute atomic E-state index is 0.0845. The summed E-state index contributed by atoms with van der Waals surface area (Å²) in [5.74, 6) is -1.87. The van der Waals surface area contributed by atoms with Crippen LogP contribution in [0.4, 0.5) is 8.78 Å². The van der Waals surface area contributed by atoms with E-state index in [0.29, 0.717) is 24.7 Å². The molecule has 3 aliphatic carbocycles. The average Bonchev–Trinajstić information content (AvgIpc) is 3.15. The van der Waals surface area contributed by atoms with E-state index in [1.165, 1.54) is 11.1 Å². The highest BCUT2D eigenvalue weighted by molar-refractivity contribution is 5.36. The van der Waals surface area contributed by atoms with Crippen LogP contribution >= 0.6 is 0 Å². The lowest BCUT2D eigenvalue weighted by atomic mass is 9.60. The van der Waals surface area contributed by atoms with Gasteiger partial charge in [-0.3, -0.25) is 0 Å². The maximum Gasteiger partial charge on any atom is 0.276 e. The smallest absolute Gasteiger partial charge is 0.276 e. The number of alkyl halides is 2. The Labute approximate surface area is 200 Å². The molecule has 0 heterocycles. The second kappa shape index (κ2) is 10.3. The monoisotopic (exact) mass is 464 g/mol. The zero-order valence-corrected chi connectivity index (χ0v) is 21.3. The molecule has 0 bridgehead atoms. The summed E-state index contributed by atoms with van der Waals surface area (Å²) in [5, 5.41) is 20.5. The lowest BCUT2D eigenvalue weighted by Crippen LogP contribution is -2.47. The van der Waals surface area contributed by atoms with E-state index in [1.54, 1.807) is 13.8 Å². The van der Waals surface area contributed by atoms with Gasteiger partial charge in [-0.15, -0.1) is 0 Å². The lowest BCUT2D eigenvalue weighted by Gasteiger charge is -2.45. The van der Waals surface area contributed by atoms with Crippen LogP contribution in [0.3, 0.4) is 0 Å². The first kappa shape index (κ1) is 26.6. The number of rotatable bonds is 8. The highest BCUT2D eigenvalue weighted by Gasteiger charge is 2.53. The molecular formula is C29H46F2O2. The molecule has 0 spiro atoms. The third-order valence-corrected chi connectivity index (χ3v) is 9.68. The van der Waals surface area contributed by atoms with Crippen LogP contribution in [0.25, 0.3) is 0 Å². The van der Waals surface area contributed by atoms with Gasteiger partial charge in [0.15, 0.2) is 0 Å². The molecule has 0 aliphatic heterocycles. The van der Waals surface area contributed by atoms with Gasteiger partial charge in [0, 0.05) is 6.42 Å². The molecule has 3 fully saturated rings. The van der Waals surface area contributed by atoms with Gasteiger partial charge in [0.05, 0.1) is 6.10 Å². The Morgan fingerprint density at radius 3 is 2.52 bits per heavy atom. The third kappa shape index (κ3) is 5.32. The molecule has 0 aromatic rings. The molecule has 0 saturated heterocycles. The van der Waals surface area contributed by atoms with Gasteiger partial charge < -0.3 is 10.2 Å². The lowest BCUT2D eigenvalue weighted by molar-refractivity contribution is -0.190. The number of aliphatic hydroxyl groups excluding tert-OH is 1. The molecule has 3 saturated carbocycles. The van der Waals surface area contributed by atoms with Gasteiger partial charge in [0.1, 0.15) is 5.60 Å². The average molecular weight is 465 g/mol. The Balaban J connectivity index is 1.70. The molecule has 0 radical (unpaired) electrons. The molecule has 3 aliphatic rings. The molecule has 2 N–H and O–H groups in total. The molecule has 0 aromatic heterocycles. The Hall–Kier alpha value is -1.00. The van der Waals surface area contributed by atoms with Crippen molar-refractivity contribution in [3.63, 3.8) is 0 Å². The first-order chi connectivity index (χ1) is 15.5. The molecule has 3 rings (SSSR count). The van der Waals surface area contributed by atoms with Crippen molar-refractivity contribution < 1.29 is 19.0 Å². The fourth-order valence-corrected chi connectivity index (χ4v) is 7.22. The first-order valence-corrected chi connectivity index (χ1v) is 13.3. The highest BCUT2D eigenvalue weighted by atomic mass is 19.3. The molecule has 4 heteroatoms. The predicted octanol–water partition coefficient (Wildman–Crippen LogP) is 7.76. The summed E-state index contributed by atoms with van der Waals surface area (Å²) >= 11 is 0. The number of aliphatic hydroxyl groups is 2. The van der Waals surface area contributed by atoms with Crippen LogP contribution in [0.1, 0.15) is 105 Å². The van der Waals surface area contributed by atoms with Crippen LogP contribution in [0.2, 0.25) is 0 Å². The molecule has 1 unspecified atom stereocenters. The van der Waals surface area contributed by atoms with Crippen molar-refractivity contribution in [2.75, 3.05) is 0 Å². The SMILES string of the molecule is C=C1CC[C@H](O)C/C1=C/C=C1\CCC[C@@]2(C)C1CC[C@@H]2[C@H](C)CCC(F)(F)C(O)(CC)CC. The second-order valence-electron chi connectivity index (χ2n) is 11.5. The quantitative estimate of drug-likeness (QED) is 0.385. The standard InChI is InChI=1S/C29H46F2O2/c1-6-28(33,7-2)29(30,31)18-16-21(4)25-14-15-26-22(9-8-17-27(25,26)5)11-12-23-19-24(32)13-10-20(23)3/h11-12,21,24-26,32-33H,3,6-10,13-19H2,1-2,4-5H3/b22-11+,23-12-/t21-,24+,25-,26?,27-/m1/s1. The number of allylic oxidation sites excluding steroid dienone is 4. The second-order valence-corrected chi connectivity index (χ2v) is 11.5. The van der Waals surface area contributed by atoms with Crippen LogP contribution in [0, 0.1) is 23.2 Å². The van der Waals surface area contributed by atoms with Crippen LogP contribution in [-0.2, 0) is 0 Å². The maximum atomic E-state index is 14.9. The third-order valence-electron chi connectivity index (χ3n) is 9.68. The largest absolute Gasteiger partial charge is 0.393 e. The van der Waals surface area contributed by atoms with E-state index in [2.05, 4.69) is 32.6 Å². The maximum absolute atomic E-state index is 14.9. The van der Waals surface area contributed by atoms with Crippen LogP contribution in [0.5, 0.6) is 0 Å². The summed E-state index contributed by atoms with van der Waals surface area (Å²) < 4.78 is 29.7.